The minimum Gasteiger partial charge on any atom is -0.408 e. The van der Waals surface area contributed by atoms with Crippen LogP contribution in [0.3, 0.4) is 0 Å². The van der Waals surface area contributed by atoms with Crippen LogP contribution in [0.15, 0.2) is 57.9 Å². The molecule has 0 aliphatic rings. The molecule has 0 bridgehead atoms. The molecule has 0 saturated carbocycles. The highest BCUT2D eigenvalue weighted by atomic mass is 19.1. The molecular weight excluding hydrogens is 504 g/mol. The largest absolute Gasteiger partial charge is 0.417 e. The van der Waals surface area contributed by atoms with Crippen LogP contribution in [0, 0.1) is 11.6 Å². The average Bonchev–Trinajstić information content (AvgIpc) is 3.45. The second-order valence-electron chi connectivity index (χ2n) is 8.14. The van der Waals surface area contributed by atoms with Gasteiger partial charge in [-0.2, -0.15) is 5.10 Å². The number of rotatable bonds is 7. The molecule has 3 amide bonds. The van der Waals surface area contributed by atoms with E-state index in [1.807, 2.05) is 0 Å². The lowest BCUT2D eigenvalue weighted by molar-refractivity contribution is 0.0940. The number of oxazole rings is 1. The third kappa shape index (κ3) is 4.69. The van der Waals surface area contributed by atoms with Crippen LogP contribution in [0.4, 0.5) is 8.78 Å². The molecule has 5 N–H and O–H groups in total. The first-order valence-electron chi connectivity index (χ1n) is 11.0. The van der Waals surface area contributed by atoms with E-state index in [0.29, 0.717) is 22.2 Å². The van der Waals surface area contributed by atoms with Gasteiger partial charge in [0.25, 0.3) is 17.7 Å². The summed E-state index contributed by atoms with van der Waals surface area (Å²) in [7, 11) is 0. The fraction of sp³-hybridized carbons (Fsp3) is 0.0833. The second kappa shape index (κ2) is 9.57. The number of carbonyl (C=O) groups excluding carboxylic acids is 3. The summed E-state index contributed by atoms with van der Waals surface area (Å²) in [5.74, 6) is -4.69. The normalized spacial score (nSPS) is 11.1. The predicted molar refractivity (Wildman–Crippen MR) is 127 cm³/mol. The van der Waals surface area contributed by atoms with Crippen LogP contribution in [0.2, 0.25) is 0 Å². The maximum atomic E-state index is 14.3. The number of nitrogens with zero attached hydrogens (tertiary/aromatic N) is 3. The molecule has 3 heterocycles. The minimum atomic E-state index is -0.930. The number of nitrogens with two attached hydrogens (primary N) is 1. The highest BCUT2D eigenvalue weighted by molar-refractivity contribution is 5.98. The standard InChI is InChI=1S/C24H17F2N7O5/c25-14-5-11(1-3-13(14)20(27)34)8-29-23(36)18-7-17(31-21-15(26)10-30-33(18)21)22(35)28-9-12-2-4-19-16(6-12)32-24(37)38-19/h1-7,10H,8-9H2,(H2,27,34)(H,28,35)(H,29,36)(H,32,37). The molecule has 0 spiro atoms. The van der Waals surface area contributed by atoms with Gasteiger partial charge in [0, 0.05) is 19.2 Å². The van der Waals surface area contributed by atoms with Crippen molar-refractivity contribution in [2.75, 3.05) is 0 Å². The molecule has 0 aliphatic carbocycles. The number of hydrogen-bond donors (Lipinski definition) is 4. The van der Waals surface area contributed by atoms with Gasteiger partial charge in [0.2, 0.25) is 0 Å². The van der Waals surface area contributed by atoms with Gasteiger partial charge in [0.05, 0.1) is 17.3 Å². The summed E-state index contributed by atoms with van der Waals surface area (Å²) >= 11 is 0. The van der Waals surface area contributed by atoms with Crippen LogP contribution in [0.1, 0.15) is 42.5 Å². The van der Waals surface area contributed by atoms with E-state index in [1.165, 1.54) is 12.1 Å². The zero-order valence-electron chi connectivity index (χ0n) is 19.2. The Bertz CT molecular complexity index is 1810. The van der Waals surface area contributed by atoms with Crippen molar-refractivity contribution in [3.05, 3.63) is 98.9 Å². The van der Waals surface area contributed by atoms with E-state index in [4.69, 9.17) is 10.2 Å². The van der Waals surface area contributed by atoms with Crippen LogP contribution in [0.25, 0.3) is 16.7 Å². The van der Waals surface area contributed by atoms with Crippen molar-refractivity contribution in [3.63, 3.8) is 0 Å². The van der Waals surface area contributed by atoms with Crippen molar-refractivity contribution in [1.29, 1.82) is 0 Å². The molecular formula is C24H17F2N7O5. The Kier molecular flexibility index (Phi) is 6.12. The fourth-order valence-electron chi connectivity index (χ4n) is 3.74. The molecule has 0 fully saturated rings. The van der Waals surface area contributed by atoms with Gasteiger partial charge in [0.15, 0.2) is 17.0 Å². The molecule has 0 saturated heterocycles. The number of benzene rings is 2. The number of halogens is 2. The van der Waals surface area contributed by atoms with Crippen molar-refractivity contribution in [1.82, 2.24) is 30.2 Å². The second-order valence-corrected chi connectivity index (χ2v) is 8.14. The van der Waals surface area contributed by atoms with Crippen LogP contribution >= 0.6 is 0 Å². The topological polar surface area (TPSA) is 177 Å². The molecule has 12 nitrogen and oxygen atoms in total. The van der Waals surface area contributed by atoms with Crippen molar-refractivity contribution >= 4 is 34.5 Å². The van der Waals surface area contributed by atoms with Crippen molar-refractivity contribution in [3.8, 4) is 0 Å². The van der Waals surface area contributed by atoms with Gasteiger partial charge in [-0.15, -0.1) is 0 Å². The first-order valence-corrected chi connectivity index (χ1v) is 11.0. The zero-order chi connectivity index (χ0) is 27.0. The molecule has 5 rings (SSSR count). The number of H-pyrrole nitrogens is 1. The Balaban J connectivity index is 1.35. The number of hydrogen-bond acceptors (Lipinski definition) is 7. The van der Waals surface area contributed by atoms with E-state index in [-0.39, 0.29) is 35.7 Å². The summed E-state index contributed by atoms with van der Waals surface area (Å²) < 4.78 is 34.2. The summed E-state index contributed by atoms with van der Waals surface area (Å²) in [6, 6.07) is 9.61. The highest BCUT2D eigenvalue weighted by Gasteiger charge is 2.20. The lowest BCUT2D eigenvalue weighted by Crippen LogP contribution is -2.28. The lowest BCUT2D eigenvalue weighted by Gasteiger charge is -2.10. The molecule has 2 aromatic carbocycles. The summed E-state index contributed by atoms with van der Waals surface area (Å²) in [5, 5.41) is 8.96. The maximum Gasteiger partial charge on any atom is 0.417 e. The summed E-state index contributed by atoms with van der Waals surface area (Å²) in [5.41, 5.74) is 5.76. The van der Waals surface area contributed by atoms with Gasteiger partial charge in [-0.3, -0.25) is 19.4 Å². The molecule has 5 aromatic rings. The van der Waals surface area contributed by atoms with Crippen LogP contribution in [-0.2, 0) is 13.1 Å². The van der Waals surface area contributed by atoms with E-state index in [9.17, 15) is 28.0 Å². The number of primary amides is 1. The average molecular weight is 521 g/mol. The zero-order valence-corrected chi connectivity index (χ0v) is 19.2. The van der Waals surface area contributed by atoms with E-state index < -0.39 is 35.1 Å². The maximum absolute atomic E-state index is 14.3. The molecule has 0 atom stereocenters. The Morgan fingerprint density at radius 3 is 2.42 bits per heavy atom. The number of amides is 3. The lowest BCUT2D eigenvalue weighted by atomic mass is 10.1. The molecule has 0 unspecified atom stereocenters. The smallest absolute Gasteiger partial charge is 0.408 e. The Morgan fingerprint density at radius 2 is 1.68 bits per heavy atom. The van der Waals surface area contributed by atoms with Crippen molar-refractivity contribution in [2.24, 2.45) is 5.73 Å². The van der Waals surface area contributed by atoms with Crippen molar-refractivity contribution < 1.29 is 27.6 Å². The summed E-state index contributed by atoms with van der Waals surface area (Å²) in [6.45, 7) is -0.118. The van der Waals surface area contributed by atoms with Gasteiger partial charge >= 0.3 is 5.76 Å². The van der Waals surface area contributed by atoms with Crippen LogP contribution in [0.5, 0.6) is 0 Å². The number of nitrogens with one attached hydrogen (secondary N) is 3. The van der Waals surface area contributed by atoms with Gasteiger partial charge in [0.1, 0.15) is 17.2 Å². The summed E-state index contributed by atoms with van der Waals surface area (Å²) in [4.78, 5) is 54.8. The molecule has 3 aromatic heterocycles. The number of fused-ring (bicyclic) bond motifs is 2. The molecule has 0 aliphatic heterocycles. The quantitative estimate of drug-likeness (QED) is 0.250. The molecule has 14 heteroatoms. The first-order chi connectivity index (χ1) is 18.2. The van der Waals surface area contributed by atoms with Crippen LogP contribution < -0.4 is 22.1 Å². The van der Waals surface area contributed by atoms with E-state index >= 15 is 0 Å². The third-order valence-electron chi connectivity index (χ3n) is 5.58. The van der Waals surface area contributed by atoms with Gasteiger partial charge < -0.3 is 20.8 Å². The Morgan fingerprint density at radius 1 is 0.974 bits per heavy atom. The SMILES string of the molecule is NC(=O)c1ccc(CNC(=O)c2cc(C(=O)NCc3ccc4oc(=O)[nH]c4c3)nc3c(F)cnn23)cc1F. The monoisotopic (exact) mass is 521 g/mol. The Labute approximate surface area is 210 Å². The van der Waals surface area contributed by atoms with E-state index in [0.717, 1.165) is 22.8 Å². The van der Waals surface area contributed by atoms with E-state index in [1.54, 1.807) is 18.2 Å². The molecule has 0 radical (unpaired) electrons. The number of aromatic amines is 1. The number of carbonyl (C=O) groups is 3. The van der Waals surface area contributed by atoms with Crippen LogP contribution in [-0.4, -0.2) is 37.3 Å². The van der Waals surface area contributed by atoms with E-state index in [2.05, 4.69) is 25.7 Å². The van der Waals surface area contributed by atoms with Gasteiger partial charge in [-0.25, -0.2) is 23.1 Å². The first kappa shape index (κ1) is 24.3. The third-order valence-corrected chi connectivity index (χ3v) is 5.58. The predicted octanol–water partition coefficient (Wildman–Crippen LogP) is 1.40. The summed E-state index contributed by atoms with van der Waals surface area (Å²) in [6.07, 6.45) is 0.847. The minimum absolute atomic E-state index is 0.0327. The molecule has 192 valence electrons. The Hall–Kier alpha value is -5.40. The number of aromatic nitrogens is 4. The highest BCUT2D eigenvalue weighted by Crippen LogP contribution is 2.15. The van der Waals surface area contributed by atoms with Crippen molar-refractivity contribution in [2.45, 2.75) is 13.1 Å². The fourth-order valence-corrected chi connectivity index (χ4v) is 3.74. The molecule has 38 heavy (non-hydrogen) atoms. The van der Waals surface area contributed by atoms with Gasteiger partial charge in [-0.05, 0) is 35.4 Å². The van der Waals surface area contributed by atoms with Gasteiger partial charge in [-0.1, -0.05) is 12.1 Å².